The SMILES string of the molecule is CN=C(NCC(C)CN1CCCCC1)N(C)Cc1ccccc1OC. The summed E-state index contributed by atoms with van der Waals surface area (Å²) in [5, 5.41) is 3.52. The van der Waals surface area contributed by atoms with Gasteiger partial charge in [-0.2, -0.15) is 0 Å². The van der Waals surface area contributed by atoms with E-state index in [1.807, 2.05) is 25.2 Å². The van der Waals surface area contributed by atoms with Gasteiger partial charge in [-0.25, -0.2) is 0 Å². The lowest BCUT2D eigenvalue weighted by Crippen LogP contribution is -2.43. The van der Waals surface area contributed by atoms with E-state index in [0.29, 0.717) is 5.92 Å². The Bertz CT molecular complexity index is 540. The standard InChI is InChI=1S/C20H34N4O/c1-17(15-24-12-8-5-9-13-24)14-22-20(21-2)23(3)16-18-10-6-7-11-19(18)25-4/h6-7,10-11,17H,5,8-9,12-16H2,1-4H3,(H,21,22). The number of benzene rings is 1. The molecule has 1 aliphatic rings. The Morgan fingerprint density at radius 1 is 1.28 bits per heavy atom. The number of piperidine rings is 1. The molecule has 0 spiro atoms. The number of rotatable bonds is 7. The zero-order chi connectivity index (χ0) is 18.1. The molecule has 140 valence electrons. The van der Waals surface area contributed by atoms with Crippen molar-refractivity contribution >= 4 is 5.96 Å². The lowest BCUT2D eigenvalue weighted by Gasteiger charge is -2.30. The molecule has 5 nitrogen and oxygen atoms in total. The highest BCUT2D eigenvalue weighted by Gasteiger charge is 2.15. The molecule has 0 bridgehead atoms. The van der Waals surface area contributed by atoms with E-state index < -0.39 is 0 Å². The Morgan fingerprint density at radius 3 is 2.68 bits per heavy atom. The highest BCUT2D eigenvalue weighted by Crippen LogP contribution is 2.18. The average Bonchev–Trinajstić information content (AvgIpc) is 2.63. The molecule has 0 aromatic heterocycles. The van der Waals surface area contributed by atoms with Gasteiger partial charge in [-0.1, -0.05) is 31.5 Å². The minimum Gasteiger partial charge on any atom is -0.496 e. The van der Waals surface area contributed by atoms with E-state index in [2.05, 4.69) is 40.1 Å². The Morgan fingerprint density at radius 2 is 2.00 bits per heavy atom. The summed E-state index contributed by atoms with van der Waals surface area (Å²) in [5.74, 6) is 2.45. The summed E-state index contributed by atoms with van der Waals surface area (Å²) >= 11 is 0. The zero-order valence-corrected chi connectivity index (χ0v) is 16.3. The summed E-state index contributed by atoms with van der Waals surface area (Å²) in [4.78, 5) is 9.17. The van der Waals surface area contributed by atoms with Crippen molar-refractivity contribution in [2.24, 2.45) is 10.9 Å². The van der Waals surface area contributed by atoms with Crippen LogP contribution in [-0.4, -0.2) is 63.1 Å². The Balaban J connectivity index is 1.82. The van der Waals surface area contributed by atoms with Gasteiger partial charge in [0, 0.05) is 39.3 Å². The van der Waals surface area contributed by atoms with Gasteiger partial charge in [-0.3, -0.25) is 4.99 Å². The molecule has 1 atom stereocenters. The van der Waals surface area contributed by atoms with Crippen LogP contribution in [0.4, 0.5) is 0 Å². The molecule has 1 aliphatic heterocycles. The predicted molar refractivity (Wildman–Crippen MR) is 105 cm³/mol. The quantitative estimate of drug-likeness (QED) is 0.609. The van der Waals surface area contributed by atoms with Gasteiger partial charge in [0.05, 0.1) is 7.11 Å². The molecule has 2 rings (SSSR count). The highest BCUT2D eigenvalue weighted by molar-refractivity contribution is 5.79. The summed E-state index contributed by atoms with van der Waals surface area (Å²) in [7, 11) is 5.63. The minimum absolute atomic E-state index is 0.606. The molecule has 25 heavy (non-hydrogen) atoms. The number of nitrogens with zero attached hydrogens (tertiary/aromatic N) is 3. The molecular formula is C20H34N4O. The maximum absolute atomic E-state index is 5.45. The van der Waals surface area contributed by atoms with Crippen LogP contribution in [0.15, 0.2) is 29.3 Å². The molecule has 1 unspecified atom stereocenters. The molecule has 1 fully saturated rings. The van der Waals surface area contributed by atoms with E-state index in [1.54, 1.807) is 7.11 Å². The fourth-order valence-electron chi connectivity index (χ4n) is 3.46. The smallest absolute Gasteiger partial charge is 0.193 e. The Kier molecular flexibility index (Phi) is 8.06. The minimum atomic E-state index is 0.606. The van der Waals surface area contributed by atoms with Crippen LogP contribution in [0, 0.1) is 5.92 Å². The Hall–Kier alpha value is -1.75. The molecule has 1 heterocycles. The Labute approximate surface area is 153 Å². The molecule has 1 aromatic carbocycles. The summed E-state index contributed by atoms with van der Waals surface area (Å²) in [6.45, 7) is 7.71. The summed E-state index contributed by atoms with van der Waals surface area (Å²) in [6.07, 6.45) is 4.09. The molecule has 5 heteroatoms. The van der Waals surface area contributed by atoms with E-state index in [0.717, 1.165) is 30.4 Å². The molecule has 0 radical (unpaired) electrons. The van der Waals surface area contributed by atoms with Crippen molar-refractivity contribution in [2.45, 2.75) is 32.7 Å². The van der Waals surface area contributed by atoms with Crippen molar-refractivity contribution < 1.29 is 4.74 Å². The number of hydrogen-bond donors (Lipinski definition) is 1. The summed E-state index contributed by atoms with van der Waals surface area (Å²) in [5.41, 5.74) is 1.16. The van der Waals surface area contributed by atoms with E-state index in [4.69, 9.17) is 4.74 Å². The predicted octanol–water partition coefficient (Wildman–Crippen LogP) is 2.82. The molecule has 1 aromatic rings. The molecule has 1 saturated heterocycles. The van der Waals surface area contributed by atoms with Gasteiger partial charge >= 0.3 is 0 Å². The first-order chi connectivity index (χ1) is 12.1. The van der Waals surface area contributed by atoms with Crippen LogP contribution in [-0.2, 0) is 6.54 Å². The molecule has 0 aliphatic carbocycles. The number of nitrogens with one attached hydrogen (secondary N) is 1. The number of ether oxygens (including phenoxy) is 1. The zero-order valence-electron chi connectivity index (χ0n) is 16.3. The fourth-order valence-corrected chi connectivity index (χ4v) is 3.46. The van der Waals surface area contributed by atoms with Crippen LogP contribution >= 0.6 is 0 Å². The van der Waals surface area contributed by atoms with E-state index >= 15 is 0 Å². The van der Waals surface area contributed by atoms with Crippen LogP contribution in [0.25, 0.3) is 0 Å². The van der Waals surface area contributed by atoms with Crippen molar-refractivity contribution in [1.82, 2.24) is 15.1 Å². The van der Waals surface area contributed by atoms with Gasteiger partial charge in [-0.05, 0) is 37.9 Å². The number of guanidine groups is 1. The first kappa shape index (κ1) is 19.6. The third kappa shape index (κ3) is 6.24. The molecule has 1 N–H and O–H groups in total. The first-order valence-electron chi connectivity index (χ1n) is 9.40. The van der Waals surface area contributed by atoms with Gasteiger partial charge in [0.25, 0.3) is 0 Å². The maximum Gasteiger partial charge on any atom is 0.193 e. The van der Waals surface area contributed by atoms with Crippen LogP contribution in [0.5, 0.6) is 5.75 Å². The fraction of sp³-hybridized carbons (Fsp3) is 0.650. The van der Waals surface area contributed by atoms with Crippen molar-refractivity contribution in [3.05, 3.63) is 29.8 Å². The van der Waals surface area contributed by atoms with Gasteiger partial charge < -0.3 is 19.9 Å². The maximum atomic E-state index is 5.45. The van der Waals surface area contributed by atoms with Crippen molar-refractivity contribution in [1.29, 1.82) is 0 Å². The molecule has 0 amide bonds. The van der Waals surface area contributed by atoms with Crippen LogP contribution in [0.3, 0.4) is 0 Å². The topological polar surface area (TPSA) is 40.1 Å². The normalized spacial score (nSPS) is 17.2. The summed E-state index contributed by atoms with van der Waals surface area (Å²) in [6, 6.07) is 8.14. The van der Waals surface area contributed by atoms with Crippen LogP contribution in [0.2, 0.25) is 0 Å². The molecule has 0 saturated carbocycles. The second-order valence-electron chi connectivity index (χ2n) is 7.06. The number of likely N-dealkylation sites (tertiary alicyclic amines) is 1. The van der Waals surface area contributed by atoms with Crippen molar-refractivity contribution in [3.63, 3.8) is 0 Å². The second-order valence-corrected chi connectivity index (χ2v) is 7.06. The van der Waals surface area contributed by atoms with E-state index in [1.165, 1.54) is 38.9 Å². The number of hydrogen-bond acceptors (Lipinski definition) is 3. The summed E-state index contributed by atoms with van der Waals surface area (Å²) < 4.78 is 5.45. The second kappa shape index (κ2) is 10.3. The van der Waals surface area contributed by atoms with Crippen LogP contribution in [0.1, 0.15) is 31.7 Å². The van der Waals surface area contributed by atoms with Gasteiger partial charge in [-0.15, -0.1) is 0 Å². The van der Waals surface area contributed by atoms with Crippen molar-refractivity contribution in [2.75, 3.05) is 47.4 Å². The number of aliphatic imine (C=N–C) groups is 1. The largest absolute Gasteiger partial charge is 0.496 e. The van der Waals surface area contributed by atoms with Crippen molar-refractivity contribution in [3.8, 4) is 5.75 Å². The average molecular weight is 347 g/mol. The third-order valence-electron chi connectivity index (χ3n) is 4.80. The monoisotopic (exact) mass is 346 g/mol. The van der Waals surface area contributed by atoms with Crippen LogP contribution < -0.4 is 10.1 Å². The lowest BCUT2D eigenvalue weighted by atomic mass is 10.1. The van der Waals surface area contributed by atoms with E-state index in [9.17, 15) is 0 Å². The third-order valence-corrected chi connectivity index (χ3v) is 4.80. The lowest BCUT2D eigenvalue weighted by molar-refractivity contribution is 0.200. The molecular weight excluding hydrogens is 312 g/mol. The van der Waals surface area contributed by atoms with Gasteiger partial charge in [0.2, 0.25) is 0 Å². The first-order valence-corrected chi connectivity index (χ1v) is 9.40. The number of methoxy groups -OCH3 is 1. The highest BCUT2D eigenvalue weighted by atomic mass is 16.5. The van der Waals surface area contributed by atoms with E-state index in [-0.39, 0.29) is 0 Å². The number of para-hydroxylation sites is 1. The van der Waals surface area contributed by atoms with Gasteiger partial charge in [0.1, 0.15) is 5.75 Å². The van der Waals surface area contributed by atoms with Gasteiger partial charge in [0.15, 0.2) is 5.96 Å².